The lowest BCUT2D eigenvalue weighted by atomic mass is 10.1. The number of halogens is 1. The van der Waals surface area contributed by atoms with Gasteiger partial charge in [-0.25, -0.2) is 4.79 Å². The van der Waals surface area contributed by atoms with E-state index in [4.69, 9.17) is 9.84 Å². The highest BCUT2D eigenvalue weighted by Crippen LogP contribution is 2.36. The minimum Gasteiger partial charge on any atom is -0.488 e. The summed E-state index contributed by atoms with van der Waals surface area (Å²) in [4.78, 5) is 37.2. The molecule has 2 amide bonds. The summed E-state index contributed by atoms with van der Waals surface area (Å²) in [5.41, 5.74) is 1.68. The summed E-state index contributed by atoms with van der Waals surface area (Å²) in [6.45, 7) is 3.82. The van der Waals surface area contributed by atoms with Gasteiger partial charge in [-0.3, -0.25) is 14.5 Å². The van der Waals surface area contributed by atoms with Gasteiger partial charge < -0.3 is 9.84 Å². The second-order valence-corrected chi connectivity index (χ2v) is 8.53. The van der Waals surface area contributed by atoms with Gasteiger partial charge in [0, 0.05) is 16.1 Å². The number of hydrogen-bond donors (Lipinski definition) is 1. The zero-order chi connectivity index (χ0) is 21.1. The minimum atomic E-state index is -0.983. The third-order valence-corrected chi connectivity index (χ3v) is 5.57. The van der Waals surface area contributed by atoms with Crippen molar-refractivity contribution in [2.24, 2.45) is 0 Å². The molecule has 150 valence electrons. The first-order valence-electron chi connectivity index (χ1n) is 8.78. The number of aromatic carboxylic acids is 1. The number of carboxylic acids is 1. The Labute approximate surface area is 180 Å². The summed E-state index contributed by atoms with van der Waals surface area (Å²) in [6.07, 6.45) is 1.65. The SMILES string of the molecule is CC(C)N1C(=O)S/C(=C/c2cc(Br)ccc2OCc2ccc(C(=O)O)cc2)C1=O. The van der Waals surface area contributed by atoms with E-state index in [0.29, 0.717) is 16.2 Å². The predicted octanol–water partition coefficient (Wildman–Crippen LogP) is 5.17. The first-order chi connectivity index (χ1) is 13.8. The van der Waals surface area contributed by atoms with Gasteiger partial charge in [0.15, 0.2) is 0 Å². The lowest BCUT2D eigenvalue weighted by Gasteiger charge is -2.16. The Morgan fingerprint density at radius 1 is 1.21 bits per heavy atom. The van der Waals surface area contributed by atoms with E-state index < -0.39 is 5.97 Å². The summed E-state index contributed by atoms with van der Waals surface area (Å²) >= 11 is 4.33. The lowest BCUT2D eigenvalue weighted by Crippen LogP contribution is -2.34. The van der Waals surface area contributed by atoms with Crippen LogP contribution >= 0.6 is 27.7 Å². The molecule has 29 heavy (non-hydrogen) atoms. The van der Waals surface area contributed by atoms with Crippen molar-refractivity contribution in [2.75, 3.05) is 0 Å². The summed E-state index contributed by atoms with van der Waals surface area (Å²) in [5, 5.41) is 8.69. The second kappa shape index (κ2) is 8.84. The van der Waals surface area contributed by atoms with Crippen molar-refractivity contribution in [3.8, 4) is 5.75 Å². The number of hydrogen-bond acceptors (Lipinski definition) is 5. The standard InChI is InChI=1S/C21H18BrNO5S/c1-12(2)23-19(24)18(29-21(23)27)10-15-9-16(22)7-8-17(15)28-11-13-3-5-14(6-4-13)20(25)26/h3-10,12H,11H2,1-2H3,(H,25,26)/b18-10+. The van der Waals surface area contributed by atoms with E-state index in [-0.39, 0.29) is 29.4 Å². The van der Waals surface area contributed by atoms with Crippen LogP contribution in [0.1, 0.15) is 35.3 Å². The molecule has 0 radical (unpaired) electrons. The molecule has 1 fully saturated rings. The van der Waals surface area contributed by atoms with Crippen molar-refractivity contribution in [1.82, 2.24) is 4.90 Å². The molecule has 0 atom stereocenters. The van der Waals surface area contributed by atoms with Crippen LogP contribution in [-0.4, -0.2) is 33.2 Å². The van der Waals surface area contributed by atoms with Crippen LogP contribution in [0, 0.1) is 0 Å². The van der Waals surface area contributed by atoms with Crippen molar-refractivity contribution in [3.63, 3.8) is 0 Å². The van der Waals surface area contributed by atoms with Gasteiger partial charge >= 0.3 is 5.97 Å². The topological polar surface area (TPSA) is 83.9 Å². The molecule has 0 aliphatic carbocycles. The van der Waals surface area contributed by atoms with Crippen molar-refractivity contribution < 1.29 is 24.2 Å². The smallest absolute Gasteiger partial charge is 0.335 e. The highest BCUT2D eigenvalue weighted by molar-refractivity contribution is 9.10. The Kier molecular flexibility index (Phi) is 6.44. The molecule has 0 unspecified atom stereocenters. The highest BCUT2D eigenvalue weighted by atomic mass is 79.9. The van der Waals surface area contributed by atoms with Crippen LogP contribution in [0.2, 0.25) is 0 Å². The first kappa shape index (κ1) is 21.1. The molecule has 1 N–H and O–H groups in total. The van der Waals surface area contributed by atoms with Crippen LogP contribution in [0.25, 0.3) is 6.08 Å². The van der Waals surface area contributed by atoms with Gasteiger partial charge in [-0.2, -0.15) is 0 Å². The molecule has 1 saturated heterocycles. The van der Waals surface area contributed by atoms with E-state index in [1.807, 2.05) is 12.1 Å². The molecule has 2 aromatic carbocycles. The normalized spacial score (nSPS) is 15.4. The van der Waals surface area contributed by atoms with Gasteiger partial charge in [-0.05, 0) is 67.6 Å². The second-order valence-electron chi connectivity index (χ2n) is 6.62. The third kappa shape index (κ3) is 4.89. The molecule has 0 aromatic heterocycles. The Morgan fingerprint density at radius 2 is 1.90 bits per heavy atom. The molecule has 0 saturated carbocycles. The van der Waals surface area contributed by atoms with Crippen LogP contribution in [0.4, 0.5) is 4.79 Å². The molecule has 0 bridgehead atoms. The van der Waals surface area contributed by atoms with Gasteiger partial charge in [-0.1, -0.05) is 28.1 Å². The summed E-state index contributed by atoms with van der Waals surface area (Å²) in [6, 6.07) is 11.6. The van der Waals surface area contributed by atoms with E-state index >= 15 is 0 Å². The molecule has 1 aliphatic heterocycles. The number of imide groups is 1. The van der Waals surface area contributed by atoms with Crippen molar-refractivity contribution in [3.05, 3.63) is 68.5 Å². The van der Waals surface area contributed by atoms with Crippen LogP contribution < -0.4 is 4.74 Å². The van der Waals surface area contributed by atoms with Crippen LogP contribution in [0.5, 0.6) is 5.75 Å². The van der Waals surface area contributed by atoms with Gasteiger partial charge in [0.05, 0.1) is 10.5 Å². The van der Waals surface area contributed by atoms with Crippen LogP contribution in [0.15, 0.2) is 51.8 Å². The average Bonchev–Trinajstić information content (AvgIpc) is 2.94. The zero-order valence-corrected chi connectivity index (χ0v) is 18.1. The van der Waals surface area contributed by atoms with Gasteiger partial charge in [0.25, 0.3) is 11.1 Å². The van der Waals surface area contributed by atoms with Crippen molar-refractivity contribution in [1.29, 1.82) is 0 Å². The number of thioether (sulfide) groups is 1. The average molecular weight is 476 g/mol. The summed E-state index contributed by atoms with van der Waals surface area (Å²) in [7, 11) is 0. The van der Waals surface area contributed by atoms with E-state index in [9.17, 15) is 14.4 Å². The number of benzene rings is 2. The maximum Gasteiger partial charge on any atom is 0.335 e. The Balaban J connectivity index is 1.82. The molecule has 0 spiro atoms. The van der Waals surface area contributed by atoms with E-state index in [1.54, 1.807) is 38.1 Å². The van der Waals surface area contributed by atoms with E-state index in [0.717, 1.165) is 21.8 Å². The van der Waals surface area contributed by atoms with E-state index in [2.05, 4.69) is 15.9 Å². The fraction of sp³-hybridized carbons (Fsp3) is 0.190. The highest BCUT2D eigenvalue weighted by Gasteiger charge is 2.36. The molecule has 1 aliphatic rings. The van der Waals surface area contributed by atoms with Gasteiger partial charge in [-0.15, -0.1) is 0 Å². The number of rotatable bonds is 6. The minimum absolute atomic E-state index is 0.207. The number of carboxylic acid groups (broad SMARTS) is 1. The molecule has 1 heterocycles. The molecule has 2 aromatic rings. The Morgan fingerprint density at radius 3 is 2.48 bits per heavy atom. The number of nitrogens with zero attached hydrogens (tertiary/aromatic N) is 1. The molecule has 6 nitrogen and oxygen atoms in total. The number of carbonyl (C=O) groups is 3. The summed E-state index contributed by atoms with van der Waals surface area (Å²) in [5.74, 6) is -0.750. The fourth-order valence-electron chi connectivity index (χ4n) is 2.73. The zero-order valence-electron chi connectivity index (χ0n) is 15.7. The monoisotopic (exact) mass is 475 g/mol. The van der Waals surface area contributed by atoms with E-state index in [1.165, 1.54) is 17.0 Å². The summed E-state index contributed by atoms with van der Waals surface area (Å²) < 4.78 is 6.70. The van der Waals surface area contributed by atoms with Crippen LogP contribution in [0.3, 0.4) is 0 Å². The van der Waals surface area contributed by atoms with Crippen molar-refractivity contribution in [2.45, 2.75) is 26.5 Å². The Hall–Kier alpha value is -2.58. The number of carbonyl (C=O) groups excluding carboxylic acids is 2. The maximum absolute atomic E-state index is 12.5. The van der Waals surface area contributed by atoms with Gasteiger partial charge in [0.1, 0.15) is 12.4 Å². The fourth-order valence-corrected chi connectivity index (χ4v) is 4.07. The van der Waals surface area contributed by atoms with Crippen molar-refractivity contribution >= 4 is 50.9 Å². The molecular formula is C21H18BrNO5S. The number of amides is 2. The third-order valence-electron chi connectivity index (χ3n) is 4.19. The van der Waals surface area contributed by atoms with Crippen LogP contribution in [-0.2, 0) is 11.4 Å². The predicted molar refractivity (Wildman–Crippen MR) is 115 cm³/mol. The maximum atomic E-state index is 12.5. The van der Waals surface area contributed by atoms with Gasteiger partial charge in [0.2, 0.25) is 0 Å². The first-order valence-corrected chi connectivity index (χ1v) is 10.4. The molecular weight excluding hydrogens is 458 g/mol. The number of ether oxygens (including phenoxy) is 1. The Bertz CT molecular complexity index is 1000. The quantitative estimate of drug-likeness (QED) is 0.580. The largest absolute Gasteiger partial charge is 0.488 e. The molecule has 3 rings (SSSR count). The lowest BCUT2D eigenvalue weighted by molar-refractivity contribution is -0.123. The molecule has 8 heteroatoms.